The number of rotatable bonds is 2. The highest BCUT2D eigenvalue weighted by molar-refractivity contribution is 9.10. The van der Waals surface area contributed by atoms with Crippen LogP contribution in [-0.2, 0) is 11.3 Å². The molecule has 0 radical (unpaired) electrons. The average Bonchev–Trinajstić information content (AvgIpc) is 2.88. The van der Waals surface area contributed by atoms with Crippen molar-refractivity contribution in [3.8, 4) is 0 Å². The molecule has 0 saturated carbocycles. The third-order valence-corrected chi connectivity index (χ3v) is 4.02. The second kappa shape index (κ2) is 4.55. The molecule has 2 heterocycles. The van der Waals surface area contributed by atoms with Crippen molar-refractivity contribution in [2.45, 2.75) is 13.0 Å². The summed E-state index contributed by atoms with van der Waals surface area (Å²) >= 11 is 8.85. The maximum absolute atomic E-state index is 5.41. The molecular formula is C12H13BrN2OS. The van der Waals surface area contributed by atoms with E-state index in [4.69, 9.17) is 17.0 Å². The topological polar surface area (TPSA) is 29.9 Å². The van der Waals surface area contributed by atoms with E-state index in [1.54, 1.807) is 0 Å². The molecule has 0 spiro atoms. The first kappa shape index (κ1) is 11.4. The Labute approximate surface area is 113 Å². The number of aromatic amines is 1. The predicted molar refractivity (Wildman–Crippen MR) is 73.7 cm³/mol. The van der Waals surface area contributed by atoms with Crippen LogP contribution in [-0.4, -0.2) is 22.8 Å². The van der Waals surface area contributed by atoms with Gasteiger partial charge in [-0.3, -0.25) is 0 Å². The van der Waals surface area contributed by atoms with Crippen molar-refractivity contribution in [3.63, 3.8) is 0 Å². The highest BCUT2D eigenvalue weighted by Crippen LogP contribution is 2.22. The summed E-state index contributed by atoms with van der Waals surface area (Å²) in [6.07, 6.45) is 1.13. The maximum atomic E-state index is 5.41. The predicted octanol–water partition coefficient (Wildman–Crippen LogP) is 3.50. The Kier molecular flexibility index (Phi) is 3.06. The third kappa shape index (κ3) is 2.19. The molecule has 1 unspecified atom stereocenters. The van der Waals surface area contributed by atoms with E-state index < -0.39 is 0 Å². The van der Waals surface area contributed by atoms with E-state index in [0.717, 1.165) is 40.9 Å². The van der Waals surface area contributed by atoms with Crippen LogP contribution in [0.4, 0.5) is 0 Å². The summed E-state index contributed by atoms with van der Waals surface area (Å²) in [5.74, 6) is 0.587. The maximum Gasteiger partial charge on any atom is 0.178 e. The van der Waals surface area contributed by atoms with Crippen molar-refractivity contribution in [2.75, 3.05) is 13.2 Å². The number of hydrogen-bond acceptors (Lipinski definition) is 2. The molecule has 1 aliphatic heterocycles. The quantitative estimate of drug-likeness (QED) is 0.860. The number of halogens is 1. The molecule has 1 aromatic heterocycles. The monoisotopic (exact) mass is 312 g/mol. The second-order valence-corrected chi connectivity index (χ2v) is 5.73. The minimum absolute atomic E-state index is 0.587. The van der Waals surface area contributed by atoms with Crippen LogP contribution in [0.2, 0.25) is 0 Å². The number of hydrogen-bond donors (Lipinski definition) is 1. The fraction of sp³-hybridized carbons (Fsp3) is 0.417. The van der Waals surface area contributed by atoms with Gasteiger partial charge in [0, 0.05) is 23.5 Å². The summed E-state index contributed by atoms with van der Waals surface area (Å²) in [6.45, 7) is 2.68. The van der Waals surface area contributed by atoms with Crippen LogP contribution in [0, 0.1) is 10.7 Å². The van der Waals surface area contributed by atoms with Gasteiger partial charge in [0.1, 0.15) is 0 Å². The van der Waals surface area contributed by atoms with Crippen molar-refractivity contribution in [1.82, 2.24) is 9.55 Å². The summed E-state index contributed by atoms with van der Waals surface area (Å²) in [6, 6.07) is 6.21. The molecule has 2 aromatic rings. The number of aromatic nitrogens is 2. The Morgan fingerprint density at radius 3 is 3.18 bits per heavy atom. The van der Waals surface area contributed by atoms with Crippen LogP contribution in [0.1, 0.15) is 6.42 Å². The number of fused-ring (bicyclic) bond motifs is 1. The molecule has 3 rings (SSSR count). The number of imidazole rings is 1. The number of nitrogens with zero attached hydrogens (tertiary/aromatic N) is 1. The average molecular weight is 313 g/mol. The lowest BCUT2D eigenvalue weighted by atomic mass is 10.1. The largest absolute Gasteiger partial charge is 0.381 e. The molecule has 1 aliphatic rings. The SMILES string of the molecule is S=c1[nH]c2cc(Br)ccc2n1CC1CCOC1. The number of benzene rings is 1. The summed E-state index contributed by atoms with van der Waals surface area (Å²) < 4.78 is 9.45. The van der Waals surface area contributed by atoms with Crippen molar-refractivity contribution < 1.29 is 4.74 Å². The minimum Gasteiger partial charge on any atom is -0.381 e. The molecule has 1 aromatic carbocycles. The van der Waals surface area contributed by atoms with E-state index in [-0.39, 0.29) is 0 Å². The molecule has 5 heteroatoms. The Morgan fingerprint density at radius 2 is 2.41 bits per heavy atom. The van der Waals surface area contributed by atoms with Gasteiger partial charge in [-0.1, -0.05) is 15.9 Å². The normalized spacial score (nSPS) is 20.2. The summed E-state index contributed by atoms with van der Waals surface area (Å²) in [5, 5.41) is 0. The first-order valence-corrected chi connectivity index (χ1v) is 6.90. The smallest absolute Gasteiger partial charge is 0.178 e. The van der Waals surface area contributed by atoms with Crippen LogP contribution in [0.3, 0.4) is 0 Å². The number of nitrogens with one attached hydrogen (secondary N) is 1. The highest BCUT2D eigenvalue weighted by atomic mass is 79.9. The minimum atomic E-state index is 0.587. The molecule has 17 heavy (non-hydrogen) atoms. The van der Waals surface area contributed by atoms with Gasteiger partial charge >= 0.3 is 0 Å². The van der Waals surface area contributed by atoms with Gasteiger partial charge in [-0.05, 0) is 36.8 Å². The molecule has 1 atom stereocenters. The van der Waals surface area contributed by atoms with Gasteiger partial charge in [-0.15, -0.1) is 0 Å². The zero-order valence-corrected chi connectivity index (χ0v) is 11.7. The number of H-pyrrole nitrogens is 1. The zero-order chi connectivity index (χ0) is 11.8. The molecule has 0 bridgehead atoms. The van der Waals surface area contributed by atoms with Crippen molar-refractivity contribution in [2.24, 2.45) is 5.92 Å². The third-order valence-electron chi connectivity index (χ3n) is 3.20. The van der Waals surface area contributed by atoms with E-state index >= 15 is 0 Å². The molecular weight excluding hydrogens is 300 g/mol. The van der Waals surface area contributed by atoms with Crippen molar-refractivity contribution >= 4 is 39.2 Å². The van der Waals surface area contributed by atoms with Crippen molar-refractivity contribution in [1.29, 1.82) is 0 Å². The summed E-state index contributed by atoms with van der Waals surface area (Å²) in [7, 11) is 0. The van der Waals surface area contributed by atoms with E-state index in [1.165, 1.54) is 5.52 Å². The van der Waals surface area contributed by atoms with Gasteiger partial charge in [0.25, 0.3) is 0 Å². The van der Waals surface area contributed by atoms with Gasteiger partial charge in [0.15, 0.2) is 4.77 Å². The van der Waals surface area contributed by atoms with Crippen LogP contribution in [0.25, 0.3) is 11.0 Å². The molecule has 1 fully saturated rings. The standard InChI is InChI=1S/C12H13BrN2OS/c13-9-1-2-11-10(5-9)14-12(17)15(11)6-8-3-4-16-7-8/h1-2,5,8H,3-4,6-7H2,(H,14,17). The van der Waals surface area contributed by atoms with Gasteiger partial charge in [-0.2, -0.15) is 0 Å². The Morgan fingerprint density at radius 1 is 1.53 bits per heavy atom. The van der Waals surface area contributed by atoms with E-state index in [0.29, 0.717) is 5.92 Å². The zero-order valence-electron chi connectivity index (χ0n) is 9.28. The Hall–Kier alpha value is -0.650. The van der Waals surface area contributed by atoms with Crippen molar-refractivity contribution in [3.05, 3.63) is 27.4 Å². The molecule has 1 N–H and O–H groups in total. The first-order valence-electron chi connectivity index (χ1n) is 5.70. The lowest BCUT2D eigenvalue weighted by molar-refractivity contribution is 0.182. The fourth-order valence-corrected chi connectivity index (χ4v) is 2.95. The highest BCUT2D eigenvalue weighted by Gasteiger charge is 2.17. The lowest BCUT2D eigenvalue weighted by Gasteiger charge is -2.09. The van der Waals surface area contributed by atoms with Gasteiger partial charge in [0.2, 0.25) is 0 Å². The molecule has 3 nitrogen and oxygen atoms in total. The van der Waals surface area contributed by atoms with E-state index in [9.17, 15) is 0 Å². The van der Waals surface area contributed by atoms with Crippen LogP contribution in [0.15, 0.2) is 22.7 Å². The molecule has 0 aliphatic carbocycles. The summed E-state index contributed by atoms with van der Waals surface area (Å²) in [4.78, 5) is 3.25. The number of ether oxygens (including phenoxy) is 1. The van der Waals surface area contributed by atoms with E-state index in [2.05, 4.69) is 37.6 Å². The van der Waals surface area contributed by atoms with Gasteiger partial charge in [-0.25, -0.2) is 0 Å². The second-order valence-electron chi connectivity index (χ2n) is 4.43. The molecule has 90 valence electrons. The molecule has 1 saturated heterocycles. The molecule has 0 amide bonds. The first-order chi connectivity index (χ1) is 8.24. The van der Waals surface area contributed by atoms with Crippen LogP contribution >= 0.6 is 28.1 Å². The Bertz CT molecular complexity index is 598. The van der Waals surface area contributed by atoms with Gasteiger partial charge < -0.3 is 14.3 Å². The Balaban J connectivity index is 2.02. The fourth-order valence-electron chi connectivity index (χ4n) is 2.30. The van der Waals surface area contributed by atoms with Gasteiger partial charge in [0.05, 0.1) is 17.6 Å². The van der Waals surface area contributed by atoms with Crippen LogP contribution < -0.4 is 0 Å². The summed E-state index contributed by atoms with van der Waals surface area (Å²) in [5.41, 5.74) is 2.26. The van der Waals surface area contributed by atoms with E-state index in [1.807, 2.05) is 6.07 Å². The van der Waals surface area contributed by atoms with Crippen LogP contribution in [0.5, 0.6) is 0 Å². The lowest BCUT2D eigenvalue weighted by Crippen LogP contribution is -2.10.